The van der Waals surface area contributed by atoms with Gasteiger partial charge in [-0.1, -0.05) is 6.42 Å². The second-order valence-electron chi connectivity index (χ2n) is 4.37. The van der Waals surface area contributed by atoms with Gasteiger partial charge in [0, 0.05) is 6.04 Å². The smallest absolute Gasteiger partial charge is 0.00672 e. The first kappa shape index (κ1) is 8.52. The molecular formula is C10H20N2. The summed E-state index contributed by atoms with van der Waals surface area (Å²) in [6.45, 7) is 2.05. The molecule has 0 radical (unpaired) electrons. The third-order valence-electron chi connectivity index (χ3n) is 3.37. The van der Waals surface area contributed by atoms with Crippen molar-refractivity contribution in [1.82, 2.24) is 5.32 Å². The van der Waals surface area contributed by atoms with Gasteiger partial charge in [-0.25, -0.2) is 0 Å². The third kappa shape index (κ3) is 1.99. The SMILES string of the molecule is NCC(CNC1CCC1)C1CC1. The number of nitrogens with one attached hydrogen (secondary N) is 1. The van der Waals surface area contributed by atoms with Crippen molar-refractivity contribution in [3.05, 3.63) is 0 Å². The van der Waals surface area contributed by atoms with Crippen molar-refractivity contribution in [3.8, 4) is 0 Å². The van der Waals surface area contributed by atoms with Crippen LogP contribution < -0.4 is 11.1 Å². The van der Waals surface area contributed by atoms with Crippen molar-refractivity contribution in [2.75, 3.05) is 13.1 Å². The van der Waals surface area contributed by atoms with Gasteiger partial charge in [0.1, 0.15) is 0 Å². The molecule has 1 unspecified atom stereocenters. The maximum atomic E-state index is 5.72. The Morgan fingerprint density at radius 1 is 1.25 bits per heavy atom. The van der Waals surface area contributed by atoms with E-state index in [2.05, 4.69) is 5.32 Å². The highest BCUT2D eigenvalue weighted by Gasteiger charge is 2.30. The first-order valence-corrected chi connectivity index (χ1v) is 5.33. The van der Waals surface area contributed by atoms with Crippen molar-refractivity contribution < 1.29 is 0 Å². The van der Waals surface area contributed by atoms with Crippen LogP contribution in [0.4, 0.5) is 0 Å². The van der Waals surface area contributed by atoms with E-state index in [0.717, 1.165) is 24.4 Å². The Hall–Kier alpha value is -0.0800. The number of rotatable bonds is 5. The van der Waals surface area contributed by atoms with Crippen LogP contribution in [0.5, 0.6) is 0 Å². The van der Waals surface area contributed by atoms with E-state index in [1.165, 1.54) is 38.6 Å². The minimum atomic E-state index is 0.769. The highest BCUT2D eigenvalue weighted by atomic mass is 14.9. The quantitative estimate of drug-likeness (QED) is 0.645. The summed E-state index contributed by atoms with van der Waals surface area (Å²) in [6, 6.07) is 0.831. The predicted octanol–water partition coefficient (Wildman–Crippen LogP) is 1.11. The normalized spacial score (nSPS) is 26.8. The molecule has 2 saturated carbocycles. The van der Waals surface area contributed by atoms with Crippen LogP contribution in [0.25, 0.3) is 0 Å². The highest BCUT2D eigenvalue weighted by molar-refractivity contribution is 4.85. The van der Waals surface area contributed by atoms with Gasteiger partial charge in [-0.2, -0.15) is 0 Å². The maximum absolute atomic E-state index is 5.72. The van der Waals surface area contributed by atoms with Crippen LogP contribution in [0, 0.1) is 11.8 Å². The molecule has 0 aromatic rings. The van der Waals surface area contributed by atoms with Gasteiger partial charge in [0.25, 0.3) is 0 Å². The molecule has 2 fully saturated rings. The van der Waals surface area contributed by atoms with E-state index in [9.17, 15) is 0 Å². The van der Waals surface area contributed by atoms with Crippen LogP contribution in [-0.4, -0.2) is 19.1 Å². The van der Waals surface area contributed by atoms with Gasteiger partial charge in [0.15, 0.2) is 0 Å². The second-order valence-corrected chi connectivity index (χ2v) is 4.37. The first-order chi connectivity index (χ1) is 5.90. The van der Waals surface area contributed by atoms with E-state index in [1.54, 1.807) is 0 Å². The van der Waals surface area contributed by atoms with Gasteiger partial charge in [-0.15, -0.1) is 0 Å². The Morgan fingerprint density at radius 2 is 2.00 bits per heavy atom. The van der Waals surface area contributed by atoms with Crippen LogP contribution in [0.15, 0.2) is 0 Å². The van der Waals surface area contributed by atoms with Gasteiger partial charge in [0.05, 0.1) is 0 Å². The zero-order valence-corrected chi connectivity index (χ0v) is 7.76. The molecule has 2 nitrogen and oxygen atoms in total. The molecule has 12 heavy (non-hydrogen) atoms. The summed E-state index contributed by atoms with van der Waals surface area (Å²) in [5.41, 5.74) is 5.72. The average molecular weight is 168 g/mol. The third-order valence-corrected chi connectivity index (χ3v) is 3.37. The van der Waals surface area contributed by atoms with Crippen LogP contribution in [-0.2, 0) is 0 Å². The van der Waals surface area contributed by atoms with E-state index >= 15 is 0 Å². The summed E-state index contributed by atoms with van der Waals surface area (Å²) < 4.78 is 0. The fraction of sp³-hybridized carbons (Fsp3) is 1.00. The lowest BCUT2D eigenvalue weighted by atomic mass is 9.92. The van der Waals surface area contributed by atoms with E-state index in [0.29, 0.717) is 0 Å². The van der Waals surface area contributed by atoms with E-state index in [4.69, 9.17) is 5.73 Å². The summed E-state index contributed by atoms with van der Waals surface area (Å²) in [5, 5.41) is 3.61. The molecule has 2 heteroatoms. The Morgan fingerprint density at radius 3 is 2.42 bits per heavy atom. The summed E-state index contributed by atoms with van der Waals surface area (Å²) >= 11 is 0. The van der Waals surface area contributed by atoms with Gasteiger partial charge in [-0.3, -0.25) is 0 Å². The number of hydrogen-bond donors (Lipinski definition) is 2. The van der Waals surface area contributed by atoms with Crippen LogP contribution in [0.2, 0.25) is 0 Å². The van der Waals surface area contributed by atoms with Crippen molar-refractivity contribution in [2.24, 2.45) is 17.6 Å². The lowest BCUT2D eigenvalue weighted by molar-refractivity contribution is 0.307. The van der Waals surface area contributed by atoms with Crippen molar-refractivity contribution in [2.45, 2.75) is 38.1 Å². The molecule has 0 aromatic heterocycles. The van der Waals surface area contributed by atoms with Crippen molar-refractivity contribution in [3.63, 3.8) is 0 Å². The molecule has 1 atom stereocenters. The molecule has 0 amide bonds. The molecule has 3 N–H and O–H groups in total. The van der Waals surface area contributed by atoms with Gasteiger partial charge in [-0.05, 0) is 50.6 Å². The van der Waals surface area contributed by atoms with E-state index < -0.39 is 0 Å². The topological polar surface area (TPSA) is 38.0 Å². The largest absolute Gasteiger partial charge is 0.330 e. The highest BCUT2D eigenvalue weighted by Crippen LogP contribution is 2.36. The second kappa shape index (κ2) is 3.75. The summed E-state index contributed by atoms with van der Waals surface area (Å²) in [5.74, 6) is 1.73. The lowest BCUT2D eigenvalue weighted by Crippen LogP contribution is -2.40. The van der Waals surface area contributed by atoms with Crippen LogP contribution in [0.3, 0.4) is 0 Å². The molecule has 0 aromatic carbocycles. The molecule has 0 spiro atoms. The fourth-order valence-electron chi connectivity index (χ4n) is 1.94. The minimum absolute atomic E-state index is 0.769. The lowest BCUT2D eigenvalue weighted by Gasteiger charge is -2.28. The Balaban J connectivity index is 1.62. The zero-order valence-electron chi connectivity index (χ0n) is 7.76. The zero-order chi connectivity index (χ0) is 8.39. The molecule has 0 aliphatic heterocycles. The monoisotopic (exact) mass is 168 g/mol. The molecule has 0 bridgehead atoms. The Bertz CT molecular complexity index is 139. The predicted molar refractivity (Wildman–Crippen MR) is 50.9 cm³/mol. The van der Waals surface area contributed by atoms with E-state index in [1.807, 2.05) is 0 Å². The molecule has 2 aliphatic rings. The van der Waals surface area contributed by atoms with E-state index in [-0.39, 0.29) is 0 Å². The van der Waals surface area contributed by atoms with Crippen molar-refractivity contribution >= 4 is 0 Å². The maximum Gasteiger partial charge on any atom is 0.00672 e. The Labute approximate surface area is 74.9 Å². The summed E-state index contributed by atoms with van der Waals surface area (Å²) in [7, 11) is 0. The standard InChI is InChI=1S/C10H20N2/c11-6-9(8-4-5-8)7-12-10-2-1-3-10/h8-10,12H,1-7,11H2. The summed E-state index contributed by atoms with van der Waals surface area (Å²) in [6.07, 6.45) is 7.06. The van der Waals surface area contributed by atoms with Crippen LogP contribution >= 0.6 is 0 Å². The Kier molecular flexibility index (Phi) is 2.66. The van der Waals surface area contributed by atoms with Crippen LogP contribution in [0.1, 0.15) is 32.1 Å². The molecule has 70 valence electrons. The fourth-order valence-corrected chi connectivity index (χ4v) is 1.94. The first-order valence-electron chi connectivity index (χ1n) is 5.33. The molecule has 0 heterocycles. The molecular weight excluding hydrogens is 148 g/mol. The van der Waals surface area contributed by atoms with Gasteiger partial charge < -0.3 is 11.1 Å². The minimum Gasteiger partial charge on any atom is -0.330 e. The van der Waals surface area contributed by atoms with Gasteiger partial charge in [0.2, 0.25) is 0 Å². The molecule has 2 rings (SSSR count). The number of hydrogen-bond acceptors (Lipinski definition) is 2. The molecule has 0 saturated heterocycles. The molecule has 2 aliphatic carbocycles. The average Bonchev–Trinajstić information content (AvgIpc) is 2.77. The van der Waals surface area contributed by atoms with Gasteiger partial charge >= 0.3 is 0 Å². The summed E-state index contributed by atoms with van der Waals surface area (Å²) in [4.78, 5) is 0. The number of nitrogens with two attached hydrogens (primary N) is 1. The van der Waals surface area contributed by atoms with Crippen molar-refractivity contribution in [1.29, 1.82) is 0 Å².